The highest BCUT2D eigenvalue weighted by Crippen LogP contribution is 2.08. The van der Waals surface area contributed by atoms with E-state index in [2.05, 4.69) is 31.0 Å². The number of aromatic nitrogens is 2. The van der Waals surface area contributed by atoms with Gasteiger partial charge < -0.3 is 15.4 Å². The van der Waals surface area contributed by atoms with Crippen LogP contribution >= 0.6 is 11.3 Å². The van der Waals surface area contributed by atoms with E-state index in [1.54, 1.807) is 25.5 Å². The third-order valence-corrected chi connectivity index (χ3v) is 3.81. The molecule has 22 heavy (non-hydrogen) atoms. The number of rotatable bonds is 6. The van der Waals surface area contributed by atoms with Gasteiger partial charge in [0, 0.05) is 31.5 Å². The number of pyridine rings is 1. The summed E-state index contributed by atoms with van der Waals surface area (Å²) in [4.78, 5) is 13.0. The molecule has 0 saturated carbocycles. The van der Waals surface area contributed by atoms with Crippen LogP contribution in [0.1, 0.15) is 16.4 Å². The molecular formula is C15H21N5OS. The lowest BCUT2D eigenvalue weighted by Crippen LogP contribution is -2.38. The maximum atomic E-state index is 5.11. The molecule has 0 fully saturated rings. The second-order valence-corrected chi connectivity index (χ2v) is 5.69. The van der Waals surface area contributed by atoms with E-state index in [1.165, 1.54) is 0 Å². The Labute approximate surface area is 134 Å². The Hall–Kier alpha value is -2.15. The minimum Gasteiger partial charge on any atom is -0.481 e. The predicted molar refractivity (Wildman–Crippen MR) is 89.5 cm³/mol. The zero-order valence-corrected chi connectivity index (χ0v) is 13.9. The number of methoxy groups -OCH3 is 1. The largest absolute Gasteiger partial charge is 0.481 e. The van der Waals surface area contributed by atoms with Crippen molar-refractivity contribution in [3.63, 3.8) is 0 Å². The van der Waals surface area contributed by atoms with Gasteiger partial charge in [0.2, 0.25) is 5.88 Å². The summed E-state index contributed by atoms with van der Waals surface area (Å²) in [7, 11) is 3.36. The smallest absolute Gasteiger partial charge is 0.213 e. The number of aryl methyl sites for hydroxylation is 1. The highest BCUT2D eigenvalue weighted by Gasteiger charge is 2.02. The summed E-state index contributed by atoms with van der Waals surface area (Å²) in [5.41, 5.74) is 2.01. The van der Waals surface area contributed by atoms with E-state index < -0.39 is 0 Å². The Balaban J connectivity index is 1.77. The van der Waals surface area contributed by atoms with Gasteiger partial charge in [-0.3, -0.25) is 4.99 Å². The van der Waals surface area contributed by atoms with E-state index in [0.29, 0.717) is 12.4 Å². The van der Waals surface area contributed by atoms with E-state index in [4.69, 9.17) is 4.74 Å². The average Bonchev–Trinajstić information content (AvgIpc) is 2.96. The summed E-state index contributed by atoms with van der Waals surface area (Å²) in [5, 5.41) is 9.69. The first-order valence-electron chi connectivity index (χ1n) is 7.06. The third kappa shape index (κ3) is 5.00. The van der Waals surface area contributed by atoms with Crippen molar-refractivity contribution in [1.29, 1.82) is 0 Å². The van der Waals surface area contributed by atoms with Crippen molar-refractivity contribution in [3.05, 3.63) is 40.0 Å². The molecular weight excluding hydrogens is 298 g/mol. The molecule has 0 unspecified atom stereocenters. The van der Waals surface area contributed by atoms with Gasteiger partial charge in [-0.05, 0) is 13.0 Å². The van der Waals surface area contributed by atoms with Gasteiger partial charge in [-0.25, -0.2) is 9.97 Å². The van der Waals surface area contributed by atoms with Crippen LogP contribution < -0.4 is 15.4 Å². The summed E-state index contributed by atoms with van der Waals surface area (Å²) in [6.45, 7) is 3.39. The van der Waals surface area contributed by atoms with Crippen molar-refractivity contribution in [2.75, 3.05) is 20.7 Å². The standard InChI is InChI=1S/C15H21N5OS/c1-11-19-13(10-22-11)7-8-17-15(16-2)18-9-12-5-4-6-14(20-12)21-3/h4-6,10H,7-9H2,1-3H3,(H2,16,17,18). The quantitative estimate of drug-likeness (QED) is 0.627. The fourth-order valence-electron chi connectivity index (χ4n) is 1.90. The molecule has 0 aliphatic rings. The Morgan fingerprint density at radius 3 is 2.82 bits per heavy atom. The van der Waals surface area contributed by atoms with E-state index in [0.717, 1.165) is 35.3 Å². The van der Waals surface area contributed by atoms with Crippen LogP contribution in [0, 0.1) is 6.92 Å². The molecule has 2 heterocycles. The fraction of sp³-hybridized carbons (Fsp3) is 0.400. The van der Waals surface area contributed by atoms with Crippen LogP contribution in [-0.4, -0.2) is 36.6 Å². The highest BCUT2D eigenvalue weighted by atomic mass is 32.1. The summed E-state index contributed by atoms with van der Waals surface area (Å²) >= 11 is 1.68. The minimum atomic E-state index is 0.590. The zero-order valence-electron chi connectivity index (χ0n) is 13.1. The molecule has 0 aliphatic heterocycles. The first-order valence-corrected chi connectivity index (χ1v) is 7.94. The number of hydrogen-bond donors (Lipinski definition) is 2. The van der Waals surface area contributed by atoms with Gasteiger partial charge in [0.15, 0.2) is 5.96 Å². The maximum absolute atomic E-state index is 5.11. The van der Waals surface area contributed by atoms with Gasteiger partial charge in [-0.15, -0.1) is 11.3 Å². The SMILES string of the molecule is CN=C(NCCc1csc(C)n1)NCc1cccc(OC)n1. The Bertz CT molecular complexity index is 626. The molecule has 0 aromatic carbocycles. The molecule has 2 rings (SSSR count). The van der Waals surface area contributed by atoms with Crippen LogP contribution in [0.15, 0.2) is 28.6 Å². The van der Waals surface area contributed by atoms with E-state index in [1.807, 2.05) is 25.1 Å². The van der Waals surface area contributed by atoms with E-state index in [9.17, 15) is 0 Å². The van der Waals surface area contributed by atoms with Crippen LogP contribution in [0.5, 0.6) is 5.88 Å². The fourth-order valence-corrected chi connectivity index (χ4v) is 2.54. The summed E-state index contributed by atoms with van der Waals surface area (Å²) in [5.74, 6) is 1.36. The number of aliphatic imine (C=N–C) groups is 1. The molecule has 2 aromatic heterocycles. The van der Waals surface area contributed by atoms with Crippen LogP contribution in [0.3, 0.4) is 0 Å². The topological polar surface area (TPSA) is 71.4 Å². The number of guanidine groups is 1. The van der Waals surface area contributed by atoms with Crippen molar-refractivity contribution < 1.29 is 4.74 Å². The molecule has 2 aromatic rings. The highest BCUT2D eigenvalue weighted by molar-refractivity contribution is 7.09. The Morgan fingerprint density at radius 1 is 1.27 bits per heavy atom. The molecule has 0 saturated heterocycles. The summed E-state index contributed by atoms with van der Waals surface area (Å²) in [6.07, 6.45) is 0.877. The molecule has 0 bridgehead atoms. The first-order chi connectivity index (χ1) is 10.7. The lowest BCUT2D eigenvalue weighted by Gasteiger charge is -2.11. The molecule has 6 nitrogen and oxygen atoms in total. The molecule has 2 N–H and O–H groups in total. The van der Waals surface area contributed by atoms with Crippen LogP contribution in [0.2, 0.25) is 0 Å². The van der Waals surface area contributed by atoms with Crippen molar-refractivity contribution in [2.45, 2.75) is 19.9 Å². The summed E-state index contributed by atoms with van der Waals surface area (Å²) < 4.78 is 5.11. The van der Waals surface area contributed by atoms with Crippen molar-refractivity contribution in [2.24, 2.45) is 4.99 Å². The Morgan fingerprint density at radius 2 is 2.14 bits per heavy atom. The van der Waals surface area contributed by atoms with Crippen molar-refractivity contribution in [1.82, 2.24) is 20.6 Å². The van der Waals surface area contributed by atoms with E-state index >= 15 is 0 Å². The van der Waals surface area contributed by atoms with Crippen molar-refractivity contribution >= 4 is 17.3 Å². The monoisotopic (exact) mass is 319 g/mol. The lowest BCUT2D eigenvalue weighted by molar-refractivity contribution is 0.396. The van der Waals surface area contributed by atoms with Gasteiger partial charge in [0.1, 0.15) is 0 Å². The molecule has 0 radical (unpaired) electrons. The van der Waals surface area contributed by atoms with Crippen molar-refractivity contribution in [3.8, 4) is 5.88 Å². The molecule has 118 valence electrons. The number of ether oxygens (including phenoxy) is 1. The predicted octanol–water partition coefficient (Wildman–Crippen LogP) is 1.76. The first kappa shape index (κ1) is 16.2. The lowest BCUT2D eigenvalue weighted by atomic mass is 10.3. The molecule has 0 atom stereocenters. The molecule has 0 amide bonds. The van der Waals surface area contributed by atoms with Crippen LogP contribution in [0.25, 0.3) is 0 Å². The number of nitrogens with zero attached hydrogens (tertiary/aromatic N) is 3. The normalized spacial score (nSPS) is 11.3. The second-order valence-electron chi connectivity index (χ2n) is 4.63. The van der Waals surface area contributed by atoms with Gasteiger partial charge in [-0.2, -0.15) is 0 Å². The maximum Gasteiger partial charge on any atom is 0.213 e. The van der Waals surface area contributed by atoms with E-state index in [-0.39, 0.29) is 0 Å². The summed E-state index contributed by atoms with van der Waals surface area (Å²) in [6, 6.07) is 5.69. The number of thiazole rings is 1. The zero-order chi connectivity index (χ0) is 15.8. The molecule has 0 aliphatic carbocycles. The van der Waals surface area contributed by atoms with Gasteiger partial charge in [0.05, 0.1) is 30.1 Å². The van der Waals surface area contributed by atoms with Gasteiger partial charge in [-0.1, -0.05) is 6.07 Å². The second kappa shape index (κ2) is 8.33. The average molecular weight is 319 g/mol. The van der Waals surface area contributed by atoms with Crippen LogP contribution in [0.4, 0.5) is 0 Å². The molecule has 0 spiro atoms. The Kier molecular flexibility index (Phi) is 6.14. The third-order valence-electron chi connectivity index (χ3n) is 2.99. The van der Waals surface area contributed by atoms with Gasteiger partial charge >= 0.3 is 0 Å². The van der Waals surface area contributed by atoms with Crippen LogP contribution in [-0.2, 0) is 13.0 Å². The minimum absolute atomic E-state index is 0.590. The number of nitrogens with one attached hydrogen (secondary N) is 2. The molecule has 7 heteroatoms. The van der Waals surface area contributed by atoms with Gasteiger partial charge in [0.25, 0.3) is 0 Å². The number of hydrogen-bond acceptors (Lipinski definition) is 5.